The Labute approximate surface area is 122 Å². The molecule has 0 radical (unpaired) electrons. The van der Waals surface area contributed by atoms with Gasteiger partial charge in [0.05, 0.1) is 5.56 Å². The van der Waals surface area contributed by atoms with Gasteiger partial charge in [-0.05, 0) is 24.3 Å². The van der Waals surface area contributed by atoms with Crippen LogP contribution in [0.15, 0.2) is 42.6 Å². The standard InChI is InChI=1S/C14H8ClF3N2O/c15-12-11-10(21)2-1-7-20(11)13(19-12)8-3-5-9(6-4-8)14(16,17)18/h1-7,21H. The van der Waals surface area contributed by atoms with Crippen molar-refractivity contribution in [1.82, 2.24) is 9.38 Å². The smallest absolute Gasteiger partial charge is 0.416 e. The van der Waals surface area contributed by atoms with Crippen molar-refractivity contribution >= 4 is 17.1 Å². The molecule has 0 spiro atoms. The summed E-state index contributed by atoms with van der Waals surface area (Å²) in [6.07, 6.45) is -2.76. The highest BCUT2D eigenvalue weighted by atomic mass is 35.5. The molecule has 0 saturated carbocycles. The zero-order chi connectivity index (χ0) is 15.2. The molecule has 0 unspecified atom stereocenters. The van der Waals surface area contributed by atoms with Gasteiger partial charge in [-0.25, -0.2) is 4.98 Å². The molecule has 1 aromatic carbocycles. The predicted molar refractivity (Wildman–Crippen MR) is 72.3 cm³/mol. The van der Waals surface area contributed by atoms with Crippen LogP contribution in [0, 0.1) is 0 Å². The zero-order valence-corrected chi connectivity index (χ0v) is 11.2. The Balaban J connectivity index is 2.15. The molecule has 0 aliphatic carbocycles. The molecule has 3 rings (SSSR count). The van der Waals surface area contributed by atoms with E-state index in [0.29, 0.717) is 16.9 Å². The largest absolute Gasteiger partial charge is 0.506 e. The lowest BCUT2D eigenvalue weighted by Crippen LogP contribution is -2.04. The average molecular weight is 313 g/mol. The van der Waals surface area contributed by atoms with E-state index < -0.39 is 11.7 Å². The van der Waals surface area contributed by atoms with Gasteiger partial charge in [0.25, 0.3) is 0 Å². The number of benzene rings is 1. The van der Waals surface area contributed by atoms with Gasteiger partial charge in [-0.1, -0.05) is 23.7 Å². The third kappa shape index (κ3) is 2.31. The lowest BCUT2D eigenvalue weighted by molar-refractivity contribution is -0.137. The SMILES string of the molecule is Oc1cccn2c(-c3ccc(C(F)(F)F)cc3)nc(Cl)c12. The van der Waals surface area contributed by atoms with Crippen LogP contribution in [0.4, 0.5) is 13.2 Å². The van der Waals surface area contributed by atoms with Crippen LogP contribution in [-0.2, 0) is 6.18 Å². The van der Waals surface area contributed by atoms with E-state index in [1.54, 1.807) is 12.3 Å². The minimum atomic E-state index is -4.39. The van der Waals surface area contributed by atoms with Crippen molar-refractivity contribution in [3.05, 3.63) is 53.3 Å². The number of pyridine rings is 1. The molecule has 2 heterocycles. The molecule has 0 bridgehead atoms. The van der Waals surface area contributed by atoms with Gasteiger partial charge in [0.1, 0.15) is 17.1 Å². The highest BCUT2D eigenvalue weighted by molar-refractivity contribution is 6.33. The number of imidazole rings is 1. The van der Waals surface area contributed by atoms with E-state index in [1.165, 1.54) is 22.6 Å². The lowest BCUT2D eigenvalue weighted by Gasteiger charge is -2.07. The van der Waals surface area contributed by atoms with Crippen molar-refractivity contribution in [2.75, 3.05) is 0 Å². The summed E-state index contributed by atoms with van der Waals surface area (Å²) in [5, 5.41) is 9.86. The van der Waals surface area contributed by atoms with Crippen LogP contribution >= 0.6 is 11.6 Å². The number of hydrogen-bond acceptors (Lipinski definition) is 2. The van der Waals surface area contributed by atoms with Crippen molar-refractivity contribution in [2.45, 2.75) is 6.18 Å². The van der Waals surface area contributed by atoms with Crippen molar-refractivity contribution in [3.63, 3.8) is 0 Å². The van der Waals surface area contributed by atoms with Gasteiger partial charge >= 0.3 is 6.18 Å². The van der Waals surface area contributed by atoms with Gasteiger partial charge < -0.3 is 5.11 Å². The van der Waals surface area contributed by atoms with Gasteiger partial charge in [0.2, 0.25) is 0 Å². The summed E-state index contributed by atoms with van der Waals surface area (Å²) in [4.78, 5) is 4.10. The zero-order valence-electron chi connectivity index (χ0n) is 10.4. The van der Waals surface area contributed by atoms with E-state index >= 15 is 0 Å². The van der Waals surface area contributed by atoms with Crippen molar-refractivity contribution in [3.8, 4) is 17.1 Å². The van der Waals surface area contributed by atoms with Crippen molar-refractivity contribution < 1.29 is 18.3 Å². The summed E-state index contributed by atoms with van der Waals surface area (Å²) in [7, 11) is 0. The number of rotatable bonds is 1. The predicted octanol–water partition coefficient (Wildman–Crippen LogP) is 4.38. The minimum Gasteiger partial charge on any atom is -0.506 e. The quantitative estimate of drug-likeness (QED) is 0.724. The number of fused-ring (bicyclic) bond motifs is 1. The van der Waals surface area contributed by atoms with Crippen LogP contribution in [0.1, 0.15) is 5.56 Å². The topological polar surface area (TPSA) is 37.5 Å². The van der Waals surface area contributed by atoms with Crippen LogP contribution in [0.2, 0.25) is 5.15 Å². The minimum absolute atomic E-state index is 0.0480. The maximum absolute atomic E-state index is 12.6. The molecular formula is C14H8ClF3N2O. The lowest BCUT2D eigenvalue weighted by atomic mass is 10.1. The van der Waals surface area contributed by atoms with E-state index in [0.717, 1.165) is 12.1 Å². The molecule has 0 amide bonds. The summed E-state index contributed by atoms with van der Waals surface area (Å²) in [6, 6.07) is 7.64. The Bertz CT molecular complexity index is 809. The first-order valence-corrected chi connectivity index (χ1v) is 6.29. The molecule has 0 fully saturated rings. The molecule has 1 N–H and O–H groups in total. The van der Waals surface area contributed by atoms with Gasteiger partial charge in [-0.15, -0.1) is 0 Å². The molecule has 3 aromatic rings. The summed E-state index contributed by atoms with van der Waals surface area (Å²) >= 11 is 5.96. The Morgan fingerprint density at radius 2 is 1.76 bits per heavy atom. The molecule has 3 nitrogen and oxygen atoms in total. The molecule has 2 aromatic heterocycles. The van der Waals surface area contributed by atoms with Gasteiger partial charge in [0.15, 0.2) is 5.15 Å². The summed E-state index contributed by atoms with van der Waals surface area (Å²) in [5.41, 5.74) is 0.0469. The monoisotopic (exact) mass is 312 g/mol. The summed E-state index contributed by atoms with van der Waals surface area (Å²) < 4.78 is 39.2. The highest BCUT2D eigenvalue weighted by Gasteiger charge is 2.30. The van der Waals surface area contributed by atoms with Crippen molar-refractivity contribution in [1.29, 1.82) is 0 Å². The number of aromatic nitrogens is 2. The van der Waals surface area contributed by atoms with E-state index in [4.69, 9.17) is 11.6 Å². The maximum Gasteiger partial charge on any atom is 0.416 e. The average Bonchev–Trinajstić information content (AvgIpc) is 2.77. The molecule has 0 aliphatic rings. The molecule has 108 valence electrons. The number of halogens is 4. The first-order chi connectivity index (χ1) is 9.88. The Morgan fingerprint density at radius 3 is 2.38 bits per heavy atom. The molecular weight excluding hydrogens is 305 g/mol. The fourth-order valence-electron chi connectivity index (χ4n) is 2.09. The van der Waals surface area contributed by atoms with Crippen LogP contribution in [0.5, 0.6) is 5.75 Å². The molecule has 21 heavy (non-hydrogen) atoms. The number of nitrogens with zero attached hydrogens (tertiary/aromatic N) is 2. The number of hydrogen-bond donors (Lipinski definition) is 1. The third-order valence-corrected chi connectivity index (χ3v) is 3.33. The first-order valence-electron chi connectivity index (χ1n) is 5.91. The molecule has 0 atom stereocenters. The van der Waals surface area contributed by atoms with Crippen LogP contribution in [-0.4, -0.2) is 14.5 Å². The van der Waals surface area contributed by atoms with Crippen LogP contribution < -0.4 is 0 Å². The Hall–Kier alpha value is -2.21. The molecule has 0 saturated heterocycles. The summed E-state index contributed by atoms with van der Waals surface area (Å²) in [5.74, 6) is 0.313. The van der Waals surface area contributed by atoms with Gasteiger partial charge in [-0.3, -0.25) is 4.40 Å². The number of aromatic hydroxyl groups is 1. The van der Waals surface area contributed by atoms with Crippen molar-refractivity contribution in [2.24, 2.45) is 0 Å². The number of alkyl halides is 3. The van der Waals surface area contributed by atoms with Crippen LogP contribution in [0.3, 0.4) is 0 Å². The van der Waals surface area contributed by atoms with E-state index in [-0.39, 0.29) is 10.9 Å². The van der Waals surface area contributed by atoms with E-state index in [1.807, 2.05) is 0 Å². The second-order valence-corrected chi connectivity index (χ2v) is 4.77. The van der Waals surface area contributed by atoms with Gasteiger partial charge in [-0.2, -0.15) is 13.2 Å². The fourth-order valence-corrected chi connectivity index (χ4v) is 2.36. The fraction of sp³-hybridized carbons (Fsp3) is 0.0714. The second kappa shape index (κ2) is 4.66. The van der Waals surface area contributed by atoms with Gasteiger partial charge in [0, 0.05) is 11.8 Å². The van der Waals surface area contributed by atoms with E-state index in [9.17, 15) is 18.3 Å². The second-order valence-electron chi connectivity index (χ2n) is 4.41. The first kappa shape index (κ1) is 13.8. The Kier molecular flexibility index (Phi) is 3.06. The third-order valence-electron chi connectivity index (χ3n) is 3.07. The van der Waals surface area contributed by atoms with Crippen LogP contribution in [0.25, 0.3) is 16.9 Å². The summed E-state index contributed by atoms with van der Waals surface area (Å²) in [6.45, 7) is 0. The van der Waals surface area contributed by atoms with E-state index in [2.05, 4.69) is 4.98 Å². The normalized spacial score (nSPS) is 12.0. The molecule has 0 aliphatic heterocycles. The molecule has 7 heteroatoms. The Morgan fingerprint density at radius 1 is 1.10 bits per heavy atom. The maximum atomic E-state index is 12.6. The highest BCUT2D eigenvalue weighted by Crippen LogP contribution is 2.33.